The molecule has 0 aliphatic heterocycles. The molecular formula is C66H43N3Si. The molecule has 0 N–H and O–H groups in total. The zero-order chi connectivity index (χ0) is 45.9. The molecule has 3 nitrogen and oxygen atoms in total. The van der Waals surface area contributed by atoms with E-state index in [1.165, 1.54) is 108 Å². The average Bonchev–Trinajstić information content (AvgIpc) is 4.08. The molecule has 0 bridgehead atoms. The number of para-hydroxylation sites is 6. The van der Waals surface area contributed by atoms with Gasteiger partial charge >= 0.3 is 0 Å². The molecule has 0 amide bonds. The molecule has 11 aromatic carbocycles. The fourth-order valence-electron chi connectivity index (χ4n) is 12.5. The lowest BCUT2D eigenvalue weighted by atomic mass is 10.0. The van der Waals surface area contributed by atoms with Gasteiger partial charge in [0.2, 0.25) is 0 Å². The predicted octanol–water partition coefficient (Wildman–Crippen LogP) is 14.1. The summed E-state index contributed by atoms with van der Waals surface area (Å²) < 4.78 is 7.57. The van der Waals surface area contributed by atoms with E-state index in [-0.39, 0.29) is 0 Å². The average molecular weight is 906 g/mol. The van der Waals surface area contributed by atoms with Gasteiger partial charge in [0, 0.05) is 48.8 Å². The van der Waals surface area contributed by atoms with Gasteiger partial charge in [0.1, 0.15) is 0 Å². The molecule has 4 aromatic heterocycles. The monoisotopic (exact) mass is 905 g/mol. The molecule has 0 aliphatic carbocycles. The minimum Gasteiger partial charge on any atom is -0.309 e. The van der Waals surface area contributed by atoms with Gasteiger partial charge in [-0.2, -0.15) is 0 Å². The summed E-state index contributed by atoms with van der Waals surface area (Å²) in [6.07, 6.45) is 0. The highest BCUT2D eigenvalue weighted by Crippen LogP contribution is 2.41. The van der Waals surface area contributed by atoms with Crippen LogP contribution in [-0.4, -0.2) is 21.4 Å². The first-order valence-corrected chi connectivity index (χ1v) is 26.3. The van der Waals surface area contributed by atoms with Crippen molar-refractivity contribution in [1.29, 1.82) is 0 Å². The number of fused-ring (bicyclic) bond motifs is 15. The number of hydrogen-bond acceptors (Lipinski definition) is 0. The Morgan fingerprint density at radius 3 is 1.04 bits per heavy atom. The minimum atomic E-state index is -2.84. The van der Waals surface area contributed by atoms with E-state index in [2.05, 4.69) is 274 Å². The van der Waals surface area contributed by atoms with E-state index in [4.69, 9.17) is 0 Å². The van der Waals surface area contributed by atoms with Crippen LogP contribution in [0.1, 0.15) is 0 Å². The lowest BCUT2D eigenvalue weighted by Gasteiger charge is -2.34. The Morgan fingerprint density at radius 2 is 0.571 bits per heavy atom. The first kappa shape index (κ1) is 39.1. The molecule has 0 atom stereocenters. The van der Waals surface area contributed by atoms with Crippen molar-refractivity contribution < 1.29 is 0 Å². The Kier molecular flexibility index (Phi) is 8.38. The fraction of sp³-hybridized carbons (Fsp3) is 0. The summed E-state index contributed by atoms with van der Waals surface area (Å²) in [5.41, 5.74) is 10.6. The topological polar surface area (TPSA) is 13.8 Å². The number of hydrogen-bond donors (Lipinski definition) is 0. The molecule has 0 unspecified atom stereocenters. The number of aromatic nitrogens is 3. The van der Waals surface area contributed by atoms with E-state index < -0.39 is 8.07 Å². The molecule has 0 aliphatic rings. The first-order valence-electron chi connectivity index (χ1n) is 24.3. The Hall–Kier alpha value is -8.96. The van der Waals surface area contributed by atoms with E-state index in [0.29, 0.717) is 0 Å². The standard InChI is InChI=1S/C66H43N3Si/c1-4-20-45(21-5-1)70(46-22-6-2-7-23-46,47-24-8-3-9-25-47)48-39-41-62-58(43-48)56-33-19-31-54-50-27-11-10-26-49(50)53-30-18-32-55-57-42-44(67-59-34-14-12-28-51(59)52-29-13-15-35-60(52)67)38-40-61(57)68(65(53)55)63-36-16-17-37-64(63)69(62)66(54)56/h1-43H. The summed E-state index contributed by atoms with van der Waals surface area (Å²) in [4.78, 5) is 0. The number of nitrogens with zero attached hydrogens (tertiary/aromatic N) is 3. The summed E-state index contributed by atoms with van der Waals surface area (Å²) in [5.74, 6) is 0. The van der Waals surface area contributed by atoms with Crippen LogP contribution in [0.25, 0.3) is 104 Å². The summed E-state index contributed by atoms with van der Waals surface area (Å²) in [7, 11) is -2.84. The van der Waals surface area contributed by atoms with Crippen LogP contribution < -0.4 is 20.7 Å². The van der Waals surface area contributed by atoms with Gasteiger partial charge in [0.15, 0.2) is 8.07 Å². The van der Waals surface area contributed by atoms with Crippen molar-refractivity contribution in [2.24, 2.45) is 0 Å². The minimum absolute atomic E-state index is 1.14. The molecule has 4 heterocycles. The quantitative estimate of drug-likeness (QED) is 0.121. The first-order chi connectivity index (χ1) is 34.8. The largest absolute Gasteiger partial charge is 0.309 e. The van der Waals surface area contributed by atoms with Crippen LogP contribution in [0.15, 0.2) is 261 Å². The molecule has 0 radical (unpaired) electrons. The van der Waals surface area contributed by atoms with Crippen LogP contribution in [0.3, 0.4) is 0 Å². The van der Waals surface area contributed by atoms with Crippen molar-refractivity contribution in [2.45, 2.75) is 0 Å². The molecule has 0 spiro atoms. The highest BCUT2D eigenvalue weighted by atomic mass is 28.3. The highest BCUT2D eigenvalue weighted by molar-refractivity contribution is 7.20. The van der Waals surface area contributed by atoms with Crippen molar-refractivity contribution in [3.63, 3.8) is 0 Å². The Morgan fingerprint density at radius 1 is 0.214 bits per heavy atom. The van der Waals surface area contributed by atoms with Crippen molar-refractivity contribution in [2.75, 3.05) is 0 Å². The number of benzene rings is 11. The third-order valence-electron chi connectivity index (χ3n) is 15.3. The molecule has 0 saturated carbocycles. The number of rotatable bonds is 5. The van der Waals surface area contributed by atoms with Gasteiger partial charge < -0.3 is 13.4 Å². The summed E-state index contributed by atoms with van der Waals surface area (Å²) in [5, 5.41) is 17.8. The van der Waals surface area contributed by atoms with E-state index in [0.717, 1.165) is 16.7 Å². The molecular weight excluding hydrogens is 863 g/mol. The molecule has 70 heavy (non-hydrogen) atoms. The Labute approximate surface area is 404 Å². The SMILES string of the molecule is c1ccc([Si](c2ccccc2)(c2ccccc2)c2ccc3c(c2)c2cccc4c5ccccc5c5cccc6c7cc(-n8c9ccccc9c9ccccc98)ccc7n(c7ccccc7n3c42)c56)cc1. The maximum absolute atomic E-state index is 2.84. The zero-order valence-corrected chi connectivity index (χ0v) is 39.2. The second-order valence-electron chi connectivity index (χ2n) is 18.8. The maximum Gasteiger partial charge on any atom is 0.179 e. The van der Waals surface area contributed by atoms with Gasteiger partial charge in [0.05, 0.1) is 44.1 Å². The third kappa shape index (κ3) is 5.34. The van der Waals surface area contributed by atoms with Gasteiger partial charge in [-0.15, -0.1) is 0 Å². The Balaban J connectivity index is 1.12. The van der Waals surface area contributed by atoms with Gasteiger partial charge in [-0.3, -0.25) is 0 Å². The van der Waals surface area contributed by atoms with Gasteiger partial charge in [-0.25, -0.2) is 0 Å². The molecule has 326 valence electrons. The molecule has 0 saturated heterocycles. The van der Waals surface area contributed by atoms with Gasteiger partial charge in [-0.1, -0.05) is 212 Å². The lowest BCUT2D eigenvalue weighted by molar-refractivity contribution is 1.18. The summed E-state index contributed by atoms with van der Waals surface area (Å²) in [6, 6.07) is 97.9. The van der Waals surface area contributed by atoms with Crippen molar-refractivity contribution in [1.82, 2.24) is 13.4 Å². The smallest absolute Gasteiger partial charge is 0.179 e. The Bertz CT molecular complexity index is 4490. The van der Waals surface area contributed by atoms with Crippen LogP contribution >= 0.6 is 0 Å². The highest BCUT2D eigenvalue weighted by Gasteiger charge is 2.41. The lowest BCUT2D eigenvalue weighted by Crippen LogP contribution is -2.74. The van der Waals surface area contributed by atoms with Crippen LogP contribution in [0.4, 0.5) is 0 Å². The third-order valence-corrected chi connectivity index (χ3v) is 20.1. The molecule has 0 fully saturated rings. The molecule has 15 rings (SSSR count). The fourth-order valence-corrected chi connectivity index (χ4v) is 17.3. The van der Waals surface area contributed by atoms with E-state index in [9.17, 15) is 0 Å². The van der Waals surface area contributed by atoms with Crippen molar-refractivity contribution in [3.8, 4) is 5.69 Å². The normalized spacial score (nSPS) is 12.3. The van der Waals surface area contributed by atoms with E-state index in [1.54, 1.807) is 0 Å². The summed E-state index contributed by atoms with van der Waals surface area (Å²) >= 11 is 0. The second-order valence-corrected chi connectivity index (χ2v) is 22.6. The summed E-state index contributed by atoms with van der Waals surface area (Å²) in [6.45, 7) is 0. The van der Waals surface area contributed by atoms with Crippen LogP contribution in [0.5, 0.6) is 0 Å². The van der Waals surface area contributed by atoms with Gasteiger partial charge in [-0.05, 0) is 80.1 Å². The van der Waals surface area contributed by atoms with E-state index in [1.807, 2.05) is 0 Å². The second kappa shape index (κ2) is 15.0. The van der Waals surface area contributed by atoms with Crippen molar-refractivity contribution >= 4 is 127 Å². The zero-order valence-electron chi connectivity index (χ0n) is 38.2. The van der Waals surface area contributed by atoms with Crippen LogP contribution in [-0.2, 0) is 0 Å². The molecule has 15 aromatic rings. The molecule has 4 heteroatoms. The van der Waals surface area contributed by atoms with Crippen LogP contribution in [0, 0.1) is 0 Å². The predicted molar refractivity (Wildman–Crippen MR) is 300 cm³/mol. The maximum atomic E-state index is 2.57. The van der Waals surface area contributed by atoms with Crippen molar-refractivity contribution in [3.05, 3.63) is 261 Å². The van der Waals surface area contributed by atoms with Crippen LogP contribution in [0.2, 0.25) is 0 Å². The van der Waals surface area contributed by atoms with Gasteiger partial charge in [0.25, 0.3) is 0 Å². The van der Waals surface area contributed by atoms with E-state index >= 15 is 0 Å².